The van der Waals surface area contributed by atoms with Crippen LogP contribution in [0.25, 0.3) is 0 Å². The number of piperazine rings is 2. The third-order valence-electron chi connectivity index (χ3n) is 17.2. The van der Waals surface area contributed by atoms with Crippen molar-refractivity contribution >= 4 is 63.2 Å². The molecule has 0 aliphatic carbocycles. The van der Waals surface area contributed by atoms with Gasteiger partial charge in [-0.2, -0.15) is 0 Å². The van der Waals surface area contributed by atoms with Crippen LogP contribution in [0, 0.1) is 5.41 Å². The van der Waals surface area contributed by atoms with Crippen LogP contribution in [0.1, 0.15) is 64.2 Å². The van der Waals surface area contributed by atoms with Gasteiger partial charge in [-0.05, 0) is 74.8 Å². The number of rotatable bonds is 5. The van der Waals surface area contributed by atoms with Crippen LogP contribution in [0.2, 0.25) is 0 Å². The number of likely N-dealkylation sites (N-methyl/N-ethyl adjacent to an activating group) is 2. The monoisotopic (exact) mass is 1060 g/mol. The maximum absolute atomic E-state index is 12.2. The molecule has 12 heterocycles. The Kier molecular flexibility index (Phi) is 16.9. The number of aromatic nitrogens is 4. The van der Waals surface area contributed by atoms with Crippen molar-refractivity contribution in [2.45, 2.75) is 81.9 Å². The molecule has 0 saturated carbocycles. The van der Waals surface area contributed by atoms with Crippen molar-refractivity contribution in [1.29, 1.82) is 0 Å². The van der Waals surface area contributed by atoms with Gasteiger partial charge in [0.15, 0.2) is 5.88 Å². The van der Waals surface area contributed by atoms with E-state index in [0.29, 0.717) is 36.0 Å². The van der Waals surface area contributed by atoms with Crippen LogP contribution in [0.4, 0.5) is 45.5 Å². The lowest BCUT2D eigenvalue weighted by Crippen LogP contribution is -2.64. The van der Waals surface area contributed by atoms with E-state index in [4.69, 9.17) is 27.7 Å². The Hall–Kier alpha value is -7.29. The Morgan fingerprint density at radius 3 is 1.49 bits per heavy atom. The van der Waals surface area contributed by atoms with Gasteiger partial charge in [-0.15, -0.1) is 0 Å². The molecule has 2 spiro atoms. The molecule has 21 nitrogen and oxygen atoms in total. The van der Waals surface area contributed by atoms with Crippen LogP contribution in [-0.4, -0.2) is 193 Å². The standard InChI is InChI=1S/C15H22N4O.2C14H20N4O.C13H19N5O/c1-18-11-15(4-2-14(18)20)5-8-19(9-6-15)13-3-7-17-10-12(13)16;1-11-17(2)10-14(19-11)4-7-18(8-5-14)13-3-6-16-9-12(13)15;15-12-10-16-6-3-13(12)17-8-4-11(5-9-17)18-7-1-2-14(18)19;1-16-4-5-17-6-7-18(9-12(17)13(16)19)11-2-3-15-8-10(11)14/h3,7,10H,2,4-6,8-9,11,16H2,1H3;3,6,9H,1,4-5,7-8,10,15H2,2H3;3,6,10-11H,1-2,4-5,7-9,15H2;2-3,8,12H,4-7,9,14H2,1H3. The molecular weight excluding hydrogens is 975 g/mol. The number of carbonyl (C=O) groups excluding carboxylic acids is 3. The minimum Gasteiger partial charge on any atom is -0.471 e. The summed E-state index contributed by atoms with van der Waals surface area (Å²) in [5.41, 5.74) is 31.3. The summed E-state index contributed by atoms with van der Waals surface area (Å²) in [7, 11) is 5.83. The van der Waals surface area contributed by atoms with E-state index in [9.17, 15) is 14.4 Å². The van der Waals surface area contributed by atoms with Gasteiger partial charge in [0.05, 0.1) is 76.8 Å². The minimum atomic E-state index is -0.0515. The van der Waals surface area contributed by atoms with Crippen LogP contribution in [0.15, 0.2) is 86.3 Å². The number of fused-ring (bicyclic) bond motifs is 1. The Labute approximate surface area is 454 Å². The van der Waals surface area contributed by atoms with E-state index in [0.717, 1.165) is 189 Å². The lowest BCUT2D eigenvalue weighted by atomic mass is 9.72. The van der Waals surface area contributed by atoms with Gasteiger partial charge >= 0.3 is 0 Å². The molecule has 8 aliphatic rings. The van der Waals surface area contributed by atoms with Gasteiger partial charge in [0, 0.05) is 163 Å². The number of likely N-dealkylation sites (tertiary alicyclic amines) is 2. The summed E-state index contributed by atoms with van der Waals surface area (Å²) in [6, 6.07) is 8.24. The number of pyridine rings is 4. The van der Waals surface area contributed by atoms with Gasteiger partial charge in [-0.3, -0.25) is 39.2 Å². The van der Waals surface area contributed by atoms with Crippen LogP contribution < -0.4 is 42.5 Å². The Morgan fingerprint density at radius 1 is 0.532 bits per heavy atom. The minimum absolute atomic E-state index is 0.0416. The molecule has 1 unspecified atom stereocenters. The molecular formula is C56H81N17O4. The van der Waals surface area contributed by atoms with Gasteiger partial charge in [0.2, 0.25) is 17.7 Å². The predicted octanol–water partition coefficient (Wildman–Crippen LogP) is 3.82. The molecule has 12 rings (SSSR count). The number of carbonyl (C=O) groups is 3. The average Bonchev–Trinajstić information content (AvgIpc) is 4.01. The first kappa shape index (κ1) is 54.5. The van der Waals surface area contributed by atoms with Crippen molar-refractivity contribution in [2.75, 3.05) is 155 Å². The molecule has 21 heteroatoms. The Balaban J connectivity index is 0.000000125. The first-order chi connectivity index (χ1) is 37.1. The van der Waals surface area contributed by atoms with Gasteiger partial charge in [-0.25, -0.2) is 0 Å². The lowest BCUT2D eigenvalue weighted by molar-refractivity contribution is -0.140. The van der Waals surface area contributed by atoms with E-state index in [1.165, 1.54) is 0 Å². The summed E-state index contributed by atoms with van der Waals surface area (Å²) in [5.74, 6) is 1.62. The topological polar surface area (TPSA) is 245 Å². The summed E-state index contributed by atoms with van der Waals surface area (Å²) in [5, 5.41) is 0. The van der Waals surface area contributed by atoms with Crippen LogP contribution >= 0.6 is 0 Å². The fraction of sp³-hybridized carbons (Fsp3) is 0.554. The maximum atomic E-state index is 12.2. The van der Waals surface area contributed by atoms with E-state index in [1.807, 2.05) is 55.2 Å². The van der Waals surface area contributed by atoms with E-state index < -0.39 is 0 Å². The third-order valence-corrected chi connectivity index (χ3v) is 17.2. The summed E-state index contributed by atoms with van der Waals surface area (Å²) in [6.45, 7) is 16.9. The molecule has 0 radical (unpaired) electrons. The SMILES string of the molecule is C=C1OC2(CCN(c3ccncc3N)CC2)CN1C.CN1CC2(CCC1=O)CCN(c1ccncc1N)CC2.CN1CCN2CCN(c3ccncc3N)CC2C1=O.Nc1cnccc1N1CCC(N2CCCC2=O)CC1. The van der Waals surface area contributed by atoms with Crippen molar-refractivity contribution in [2.24, 2.45) is 5.41 Å². The molecule has 414 valence electrons. The second-order valence-electron chi connectivity index (χ2n) is 22.2. The van der Waals surface area contributed by atoms with Gasteiger partial charge in [0.25, 0.3) is 0 Å². The zero-order valence-corrected chi connectivity index (χ0v) is 45.5. The second-order valence-corrected chi connectivity index (χ2v) is 22.2. The number of hydrogen-bond acceptors (Lipinski definition) is 18. The second kappa shape index (κ2) is 23.9. The number of amides is 3. The van der Waals surface area contributed by atoms with Crippen LogP contribution in [0.5, 0.6) is 0 Å². The smallest absolute Gasteiger partial charge is 0.241 e. The lowest BCUT2D eigenvalue weighted by Gasteiger charge is -2.47. The van der Waals surface area contributed by atoms with E-state index in [2.05, 4.69) is 60.8 Å². The highest BCUT2D eigenvalue weighted by Crippen LogP contribution is 2.42. The molecule has 8 aliphatic heterocycles. The molecule has 3 amide bonds. The van der Waals surface area contributed by atoms with Crippen molar-refractivity contribution < 1.29 is 19.1 Å². The number of nitrogens with two attached hydrogens (primary N) is 4. The number of hydrogen-bond donors (Lipinski definition) is 4. The van der Waals surface area contributed by atoms with Crippen molar-refractivity contribution in [3.05, 3.63) is 86.3 Å². The largest absolute Gasteiger partial charge is 0.471 e. The third kappa shape index (κ3) is 12.6. The van der Waals surface area contributed by atoms with Crippen molar-refractivity contribution in [1.82, 2.24) is 44.4 Å². The predicted molar refractivity (Wildman–Crippen MR) is 304 cm³/mol. The number of ether oxygens (including phenoxy) is 1. The van der Waals surface area contributed by atoms with E-state index in [1.54, 1.807) is 49.6 Å². The molecule has 8 fully saturated rings. The normalized spacial score (nSPS) is 22.5. The summed E-state index contributed by atoms with van der Waals surface area (Å²) >= 11 is 0. The van der Waals surface area contributed by atoms with Crippen molar-refractivity contribution in [3.63, 3.8) is 0 Å². The molecule has 8 N–H and O–H groups in total. The number of anilines is 8. The number of nitrogens with zero attached hydrogens (tertiary/aromatic N) is 13. The average molecular weight is 1060 g/mol. The van der Waals surface area contributed by atoms with Gasteiger partial charge in [0.1, 0.15) is 11.6 Å². The molecule has 1 atom stereocenters. The van der Waals surface area contributed by atoms with E-state index >= 15 is 0 Å². The zero-order chi connectivity index (χ0) is 54.3. The first-order valence-corrected chi connectivity index (χ1v) is 27.5. The molecule has 8 saturated heterocycles. The highest BCUT2D eigenvalue weighted by Gasteiger charge is 2.44. The molecule has 0 aromatic carbocycles. The molecule has 4 aromatic rings. The summed E-state index contributed by atoms with van der Waals surface area (Å²) < 4.78 is 5.98. The Bertz CT molecular complexity index is 2680. The van der Waals surface area contributed by atoms with Gasteiger partial charge in [-0.1, -0.05) is 0 Å². The summed E-state index contributed by atoms with van der Waals surface area (Å²) in [4.78, 5) is 71.1. The molecule has 0 bridgehead atoms. The highest BCUT2D eigenvalue weighted by molar-refractivity contribution is 5.84. The van der Waals surface area contributed by atoms with Gasteiger partial charge < -0.3 is 66.9 Å². The fourth-order valence-corrected chi connectivity index (χ4v) is 12.6. The highest BCUT2D eigenvalue weighted by atomic mass is 16.5. The summed E-state index contributed by atoms with van der Waals surface area (Å²) in [6.07, 6.45) is 23.7. The maximum Gasteiger partial charge on any atom is 0.241 e. The molecule has 77 heavy (non-hydrogen) atoms. The number of piperidine rings is 4. The Morgan fingerprint density at radius 2 is 1.03 bits per heavy atom. The zero-order valence-electron chi connectivity index (χ0n) is 45.5. The van der Waals surface area contributed by atoms with Crippen LogP contribution in [0.3, 0.4) is 0 Å². The van der Waals surface area contributed by atoms with Crippen LogP contribution in [-0.2, 0) is 19.1 Å². The fourth-order valence-electron chi connectivity index (χ4n) is 12.6. The van der Waals surface area contributed by atoms with Crippen molar-refractivity contribution in [3.8, 4) is 0 Å². The molecule has 4 aromatic heterocycles. The first-order valence-electron chi connectivity index (χ1n) is 27.5. The quantitative estimate of drug-likeness (QED) is 0.222. The van der Waals surface area contributed by atoms with E-state index in [-0.39, 0.29) is 23.5 Å². The number of nitrogen functional groups attached to an aromatic ring is 4.